The fourth-order valence-corrected chi connectivity index (χ4v) is 1.16. The average molecular weight is 213 g/mol. The third-order valence-corrected chi connectivity index (χ3v) is 1.88. The van der Waals surface area contributed by atoms with E-state index in [4.69, 9.17) is 10.6 Å². The molecule has 0 fully saturated rings. The molecule has 1 aliphatic rings. The van der Waals surface area contributed by atoms with Gasteiger partial charge in [0.2, 0.25) is 0 Å². The van der Waals surface area contributed by atoms with Gasteiger partial charge in [-0.1, -0.05) is 0 Å². The van der Waals surface area contributed by atoms with Gasteiger partial charge in [-0.05, 0) is 0 Å². The molecule has 0 unspecified atom stereocenters. The van der Waals surface area contributed by atoms with E-state index in [1.54, 1.807) is 0 Å². The molecule has 0 aliphatic carbocycles. The summed E-state index contributed by atoms with van der Waals surface area (Å²) in [5, 5.41) is 3.00. The molecule has 0 radical (unpaired) electrons. The zero-order chi connectivity index (χ0) is 11.4. The first-order chi connectivity index (χ1) is 7.11. The molecular weight excluding hydrogens is 202 g/mol. The lowest BCUT2D eigenvalue weighted by molar-refractivity contribution is -0.124. The van der Waals surface area contributed by atoms with Gasteiger partial charge in [0.05, 0.1) is 13.2 Å². The van der Waals surface area contributed by atoms with Crippen LogP contribution in [0, 0.1) is 0 Å². The van der Waals surface area contributed by atoms with Crippen molar-refractivity contribution in [3.63, 3.8) is 0 Å². The van der Waals surface area contributed by atoms with E-state index in [1.165, 1.54) is 7.11 Å². The number of ether oxygens (including phenoxy) is 1. The van der Waals surface area contributed by atoms with Crippen LogP contribution < -0.4 is 11.2 Å². The number of methoxy groups -OCH3 is 1. The van der Waals surface area contributed by atoms with E-state index in [0.29, 0.717) is 6.29 Å². The molecule has 0 atom stereocenters. The maximum Gasteiger partial charge on any atom is 0.276 e. The van der Waals surface area contributed by atoms with Crippen molar-refractivity contribution >= 4 is 18.1 Å². The molecule has 0 saturated heterocycles. The van der Waals surface area contributed by atoms with Crippen LogP contribution in [0.2, 0.25) is 0 Å². The van der Waals surface area contributed by atoms with Crippen LogP contribution in [0.25, 0.3) is 0 Å². The SMILES string of the molecule is COCCN(N)C1=C(C=O)C(=O)NC1=O. The second-order valence-corrected chi connectivity index (χ2v) is 2.85. The molecule has 82 valence electrons. The Morgan fingerprint density at radius 1 is 1.47 bits per heavy atom. The lowest BCUT2D eigenvalue weighted by atomic mass is 10.2. The van der Waals surface area contributed by atoms with Gasteiger partial charge in [-0.25, -0.2) is 5.84 Å². The van der Waals surface area contributed by atoms with Crippen molar-refractivity contribution in [2.45, 2.75) is 0 Å². The predicted octanol–water partition coefficient (Wildman–Crippen LogP) is -2.08. The number of nitrogens with one attached hydrogen (secondary N) is 1. The molecule has 0 aromatic rings. The van der Waals surface area contributed by atoms with Crippen LogP contribution in [0.3, 0.4) is 0 Å². The third kappa shape index (κ3) is 2.20. The minimum atomic E-state index is -0.724. The monoisotopic (exact) mass is 213 g/mol. The summed E-state index contributed by atoms with van der Waals surface area (Å²) in [4.78, 5) is 32.9. The van der Waals surface area contributed by atoms with Crippen LogP contribution in [0.5, 0.6) is 0 Å². The van der Waals surface area contributed by atoms with Crippen LogP contribution in [-0.2, 0) is 19.1 Å². The Kier molecular flexibility index (Phi) is 3.53. The van der Waals surface area contributed by atoms with E-state index >= 15 is 0 Å². The summed E-state index contributed by atoms with van der Waals surface area (Å²) >= 11 is 0. The zero-order valence-electron chi connectivity index (χ0n) is 8.15. The minimum Gasteiger partial charge on any atom is -0.383 e. The molecule has 0 saturated carbocycles. The van der Waals surface area contributed by atoms with Crippen molar-refractivity contribution in [2.75, 3.05) is 20.3 Å². The van der Waals surface area contributed by atoms with Crippen molar-refractivity contribution in [2.24, 2.45) is 5.84 Å². The molecule has 0 spiro atoms. The summed E-state index contributed by atoms with van der Waals surface area (Å²) in [6.45, 7) is 0.498. The quantitative estimate of drug-likeness (QED) is 0.179. The van der Waals surface area contributed by atoms with E-state index in [-0.39, 0.29) is 24.4 Å². The first-order valence-corrected chi connectivity index (χ1v) is 4.18. The Morgan fingerprint density at radius 2 is 2.13 bits per heavy atom. The number of amides is 2. The Morgan fingerprint density at radius 3 is 2.67 bits per heavy atom. The number of hydrazine groups is 1. The first kappa shape index (κ1) is 11.3. The summed E-state index contributed by atoms with van der Waals surface area (Å²) in [6, 6.07) is 0. The maximum atomic E-state index is 11.2. The molecule has 15 heavy (non-hydrogen) atoms. The van der Waals surface area contributed by atoms with Crippen LogP contribution >= 0.6 is 0 Å². The van der Waals surface area contributed by atoms with Gasteiger partial charge in [0.15, 0.2) is 6.29 Å². The summed E-state index contributed by atoms with van der Waals surface area (Å²) in [6.07, 6.45) is 0.308. The second-order valence-electron chi connectivity index (χ2n) is 2.85. The van der Waals surface area contributed by atoms with Gasteiger partial charge in [-0.3, -0.25) is 19.7 Å². The average Bonchev–Trinajstić information content (AvgIpc) is 2.49. The molecule has 1 aliphatic heterocycles. The van der Waals surface area contributed by atoms with E-state index in [0.717, 1.165) is 5.01 Å². The smallest absolute Gasteiger partial charge is 0.276 e. The summed E-state index contributed by atoms with van der Waals surface area (Å²) in [7, 11) is 1.47. The molecule has 1 heterocycles. The van der Waals surface area contributed by atoms with Crippen LogP contribution in [0.1, 0.15) is 0 Å². The van der Waals surface area contributed by atoms with Crippen LogP contribution in [0.4, 0.5) is 0 Å². The zero-order valence-corrected chi connectivity index (χ0v) is 8.15. The molecule has 2 amide bonds. The number of nitrogens with zero attached hydrogens (tertiary/aromatic N) is 1. The van der Waals surface area contributed by atoms with Gasteiger partial charge >= 0.3 is 0 Å². The number of hydrogen-bond donors (Lipinski definition) is 2. The lowest BCUT2D eigenvalue weighted by Crippen LogP contribution is -2.38. The Bertz CT molecular complexity index is 337. The molecule has 7 nitrogen and oxygen atoms in total. The van der Waals surface area contributed by atoms with Gasteiger partial charge in [-0.2, -0.15) is 0 Å². The highest BCUT2D eigenvalue weighted by atomic mass is 16.5. The molecule has 0 bridgehead atoms. The highest BCUT2D eigenvalue weighted by Gasteiger charge is 2.32. The molecule has 0 aromatic carbocycles. The van der Waals surface area contributed by atoms with E-state index < -0.39 is 11.8 Å². The second kappa shape index (κ2) is 4.67. The van der Waals surface area contributed by atoms with E-state index in [1.807, 2.05) is 5.32 Å². The number of carbonyl (C=O) groups is 3. The van der Waals surface area contributed by atoms with Crippen LogP contribution in [-0.4, -0.2) is 43.4 Å². The van der Waals surface area contributed by atoms with Gasteiger partial charge in [0.25, 0.3) is 11.8 Å². The normalized spacial score (nSPS) is 15.6. The maximum absolute atomic E-state index is 11.2. The predicted molar refractivity (Wildman–Crippen MR) is 49.0 cm³/mol. The van der Waals surface area contributed by atoms with Gasteiger partial charge < -0.3 is 9.75 Å². The number of carbonyl (C=O) groups excluding carboxylic acids is 3. The number of nitrogens with two attached hydrogens (primary N) is 1. The Hall–Kier alpha value is -1.73. The Labute approximate surface area is 85.8 Å². The van der Waals surface area contributed by atoms with Crippen molar-refractivity contribution in [3.8, 4) is 0 Å². The molecule has 3 N–H and O–H groups in total. The fraction of sp³-hybridized carbons (Fsp3) is 0.375. The van der Waals surface area contributed by atoms with Crippen molar-refractivity contribution in [3.05, 3.63) is 11.3 Å². The topological polar surface area (TPSA) is 102 Å². The standard InChI is InChI=1S/C8H11N3O4/c1-15-3-2-11(9)6-5(4-12)7(13)10-8(6)14/h4H,2-3,9H2,1H3,(H,10,13,14). The number of hydrogen-bond acceptors (Lipinski definition) is 6. The van der Waals surface area contributed by atoms with Crippen molar-refractivity contribution in [1.82, 2.24) is 10.3 Å². The molecule has 0 aromatic heterocycles. The summed E-state index contributed by atoms with van der Waals surface area (Å²) in [5.41, 5.74) is -0.370. The summed E-state index contributed by atoms with van der Waals surface area (Å²) < 4.78 is 4.75. The van der Waals surface area contributed by atoms with Crippen molar-refractivity contribution < 1.29 is 19.1 Å². The fourth-order valence-electron chi connectivity index (χ4n) is 1.16. The van der Waals surface area contributed by atoms with Crippen molar-refractivity contribution in [1.29, 1.82) is 0 Å². The molecule has 1 rings (SSSR count). The first-order valence-electron chi connectivity index (χ1n) is 4.18. The van der Waals surface area contributed by atoms with Gasteiger partial charge in [-0.15, -0.1) is 0 Å². The number of rotatable bonds is 5. The molecule has 7 heteroatoms. The highest BCUT2D eigenvalue weighted by molar-refractivity contribution is 6.27. The number of aldehydes is 1. The van der Waals surface area contributed by atoms with Crippen LogP contribution in [0.15, 0.2) is 11.3 Å². The third-order valence-electron chi connectivity index (χ3n) is 1.88. The minimum absolute atomic E-state index is 0.118. The van der Waals surface area contributed by atoms with Gasteiger partial charge in [0, 0.05) is 7.11 Å². The largest absolute Gasteiger partial charge is 0.383 e. The number of imide groups is 1. The summed E-state index contributed by atoms with van der Waals surface area (Å²) in [5.74, 6) is 4.12. The van der Waals surface area contributed by atoms with E-state index in [9.17, 15) is 14.4 Å². The molecular formula is C8H11N3O4. The van der Waals surface area contributed by atoms with Gasteiger partial charge in [0.1, 0.15) is 11.3 Å². The highest BCUT2D eigenvalue weighted by Crippen LogP contribution is 2.12. The van der Waals surface area contributed by atoms with E-state index in [2.05, 4.69) is 0 Å². The Balaban J connectivity index is 2.88. The lowest BCUT2D eigenvalue weighted by Gasteiger charge is -2.17.